The molecule has 2 aliphatic rings. The van der Waals surface area contributed by atoms with Crippen LogP contribution in [0.4, 0.5) is 10.6 Å². The third-order valence-corrected chi connectivity index (χ3v) is 6.98. The molecule has 2 aromatic heterocycles. The highest BCUT2D eigenvalue weighted by atomic mass is 16.5. The fourth-order valence-electron chi connectivity index (χ4n) is 4.49. The van der Waals surface area contributed by atoms with E-state index in [0.717, 1.165) is 43.7 Å². The smallest absolute Gasteiger partial charge is 0.320 e. The summed E-state index contributed by atoms with van der Waals surface area (Å²) in [5.74, 6) is 0.481. The molecule has 4 rings (SSSR count). The van der Waals surface area contributed by atoms with Gasteiger partial charge in [-0.3, -0.25) is 4.79 Å². The van der Waals surface area contributed by atoms with Crippen molar-refractivity contribution in [3.05, 3.63) is 47.3 Å². The van der Waals surface area contributed by atoms with Crippen molar-refractivity contribution in [1.82, 2.24) is 19.8 Å². The lowest BCUT2D eigenvalue weighted by Crippen LogP contribution is -2.50. The van der Waals surface area contributed by atoms with Crippen LogP contribution < -0.4 is 15.8 Å². The number of aromatic nitrogens is 2. The number of urea groups is 1. The maximum Gasteiger partial charge on any atom is 0.320 e. The van der Waals surface area contributed by atoms with Gasteiger partial charge in [-0.15, -0.1) is 0 Å². The number of nitrogens with two attached hydrogens (primary N) is 1. The van der Waals surface area contributed by atoms with Crippen LogP contribution in [0.3, 0.4) is 0 Å². The van der Waals surface area contributed by atoms with Crippen molar-refractivity contribution in [2.24, 2.45) is 5.73 Å². The number of aliphatic hydroxyl groups is 3. The third kappa shape index (κ3) is 8.24. The number of rotatable bonds is 12. The van der Waals surface area contributed by atoms with Gasteiger partial charge in [-0.05, 0) is 42.9 Å². The third-order valence-electron chi connectivity index (χ3n) is 6.98. The predicted octanol–water partition coefficient (Wildman–Crippen LogP) is 0.390. The Morgan fingerprint density at radius 2 is 1.93 bits per heavy atom. The van der Waals surface area contributed by atoms with Crippen molar-refractivity contribution >= 4 is 17.8 Å². The number of carbonyl (C=O) groups excluding carboxylic acids is 1. The number of carboxylic acids is 1. The molecule has 0 spiro atoms. The molecule has 2 aliphatic heterocycles. The zero-order chi connectivity index (χ0) is 29.1. The maximum atomic E-state index is 13.0. The molecular formula is C27H40N6O7. The maximum absolute atomic E-state index is 13.0. The highest BCUT2D eigenvalue weighted by Crippen LogP contribution is 2.29. The number of nitrogens with one attached hydrogen (secondary N) is 1. The molecule has 1 atom stereocenters. The van der Waals surface area contributed by atoms with E-state index in [9.17, 15) is 14.7 Å². The number of fused-ring (bicyclic) bond motifs is 1. The fraction of sp³-hybridized carbons (Fsp3) is 0.556. The SMILES string of the molecule is COc1ccc([C@H](CC(=O)O)N2CCN(CCCc3ccc4c(n3)NCCC4)C2=O)cn1.NC(CO)(CO)CO. The van der Waals surface area contributed by atoms with Crippen molar-refractivity contribution in [3.63, 3.8) is 0 Å². The number of pyridine rings is 2. The molecule has 0 unspecified atom stereocenters. The quantitative estimate of drug-likeness (QED) is 0.210. The van der Waals surface area contributed by atoms with E-state index >= 15 is 0 Å². The molecule has 13 heteroatoms. The van der Waals surface area contributed by atoms with Gasteiger partial charge in [0.15, 0.2) is 0 Å². The van der Waals surface area contributed by atoms with Crippen LogP contribution in [0.15, 0.2) is 30.5 Å². The molecule has 0 aliphatic carbocycles. The number of methoxy groups -OCH3 is 1. The van der Waals surface area contributed by atoms with Crippen LogP contribution in [-0.2, 0) is 17.6 Å². The van der Waals surface area contributed by atoms with E-state index in [1.807, 2.05) is 0 Å². The molecule has 0 bridgehead atoms. The topological polar surface area (TPSA) is 195 Å². The van der Waals surface area contributed by atoms with Gasteiger partial charge in [0.25, 0.3) is 0 Å². The normalized spacial score (nSPS) is 15.6. The number of aliphatic carboxylic acids is 1. The van der Waals surface area contributed by atoms with Crippen molar-refractivity contribution in [2.75, 3.05) is 58.4 Å². The molecule has 13 nitrogen and oxygen atoms in total. The van der Waals surface area contributed by atoms with Crippen LogP contribution in [0.2, 0.25) is 0 Å². The van der Waals surface area contributed by atoms with Gasteiger partial charge in [-0.1, -0.05) is 12.1 Å². The Balaban J connectivity index is 0.000000482. The van der Waals surface area contributed by atoms with Crippen molar-refractivity contribution in [3.8, 4) is 5.88 Å². The van der Waals surface area contributed by atoms with Gasteiger partial charge >= 0.3 is 12.0 Å². The molecule has 0 saturated carbocycles. The molecular weight excluding hydrogens is 520 g/mol. The summed E-state index contributed by atoms with van der Waals surface area (Å²) in [6, 6.07) is 6.98. The number of carbonyl (C=O) groups is 2. The lowest BCUT2D eigenvalue weighted by atomic mass is 10.0. The zero-order valence-corrected chi connectivity index (χ0v) is 22.8. The van der Waals surface area contributed by atoms with Gasteiger partial charge in [0.2, 0.25) is 5.88 Å². The van der Waals surface area contributed by atoms with Crippen LogP contribution >= 0.6 is 0 Å². The van der Waals surface area contributed by atoms with Crippen molar-refractivity contribution in [1.29, 1.82) is 0 Å². The summed E-state index contributed by atoms with van der Waals surface area (Å²) in [4.78, 5) is 36.8. The van der Waals surface area contributed by atoms with Crippen LogP contribution in [0.1, 0.15) is 42.1 Å². The minimum absolute atomic E-state index is 0.132. The number of hydrogen-bond donors (Lipinski definition) is 6. The number of aryl methyl sites for hydroxylation is 2. The van der Waals surface area contributed by atoms with Gasteiger partial charge in [0.1, 0.15) is 5.82 Å². The molecule has 40 heavy (non-hydrogen) atoms. The molecule has 4 heterocycles. The fourth-order valence-corrected chi connectivity index (χ4v) is 4.49. The van der Waals surface area contributed by atoms with Crippen molar-refractivity contribution in [2.45, 2.75) is 43.7 Å². The Kier molecular flexibility index (Phi) is 11.4. The van der Waals surface area contributed by atoms with E-state index < -0.39 is 37.4 Å². The second-order valence-corrected chi connectivity index (χ2v) is 9.99. The summed E-state index contributed by atoms with van der Waals surface area (Å²) < 4.78 is 5.08. The summed E-state index contributed by atoms with van der Waals surface area (Å²) in [5.41, 5.74) is 6.92. The number of anilines is 1. The lowest BCUT2D eigenvalue weighted by Gasteiger charge is -2.27. The summed E-state index contributed by atoms with van der Waals surface area (Å²) in [6.45, 7) is 1.44. The Morgan fingerprint density at radius 1 is 1.18 bits per heavy atom. The minimum Gasteiger partial charge on any atom is -0.481 e. The monoisotopic (exact) mass is 560 g/mol. The Bertz CT molecular complexity index is 1100. The number of hydrogen-bond acceptors (Lipinski definition) is 10. The second kappa shape index (κ2) is 14.7. The second-order valence-electron chi connectivity index (χ2n) is 9.99. The van der Waals surface area contributed by atoms with Gasteiger partial charge in [-0.25, -0.2) is 14.8 Å². The highest BCUT2D eigenvalue weighted by Gasteiger charge is 2.35. The van der Waals surface area contributed by atoms with Crippen LogP contribution in [0, 0.1) is 0 Å². The number of nitrogens with zero attached hydrogens (tertiary/aromatic N) is 4. The molecule has 0 aromatic carbocycles. The van der Waals surface area contributed by atoms with E-state index in [4.69, 9.17) is 30.8 Å². The largest absolute Gasteiger partial charge is 0.481 e. The van der Waals surface area contributed by atoms with E-state index in [1.54, 1.807) is 28.1 Å². The first-order chi connectivity index (χ1) is 19.2. The average Bonchev–Trinajstić information content (AvgIpc) is 3.35. The summed E-state index contributed by atoms with van der Waals surface area (Å²) >= 11 is 0. The number of amides is 2. The molecule has 0 radical (unpaired) electrons. The Hall–Kier alpha value is -3.52. The molecule has 1 fully saturated rings. The average molecular weight is 561 g/mol. The Morgan fingerprint density at radius 3 is 2.52 bits per heavy atom. The van der Waals surface area contributed by atoms with Gasteiger partial charge in [-0.2, -0.15) is 0 Å². The predicted molar refractivity (Wildman–Crippen MR) is 147 cm³/mol. The van der Waals surface area contributed by atoms with E-state index in [1.165, 1.54) is 12.7 Å². The molecule has 2 aromatic rings. The molecule has 220 valence electrons. The van der Waals surface area contributed by atoms with E-state index in [0.29, 0.717) is 31.1 Å². The summed E-state index contributed by atoms with van der Waals surface area (Å²) in [5, 5.41) is 37.8. The van der Waals surface area contributed by atoms with E-state index in [-0.39, 0.29) is 12.5 Å². The van der Waals surface area contributed by atoms with Crippen LogP contribution in [-0.4, -0.2) is 111 Å². The van der Waals surface area contributed by atoms with Gasteiger partial charge in [0.05, 0.1) is 44.9 Å². The highest BCUT2D eigenvalue weighted by molar-refractivity contribution is 5.78. The van der Waals surface area contributed by atoms with Gasteiger partial charge in [0, 0.05) is 44.1 Å². The van der Waals surface area contributed by atoms with Crippen LogP contribution in [0.5, 0.6) is 5.88 Å². The first-order valence-corrected chi connectivity index (χ1v) is 13.3. The number of ether oxygens (including phenoxy) is 1. The first-order valence-electron chi connectivity index (χ1n) is 13.3. The van der Waals surface area contributed by atoms with Crippen LogP contribution in [0.25, 0.3) is 0 Å². The number of carboxylic acid groups (broad SMARTS) is 1. The van der Waals surface area contributed by atoms with Crippen molar-refractivity contribution < 1.29 is 34.8 Å². The molecule has 7 N–H and O–H groups in total. The summed E-state index contributed by atoms with van der Waals surface area (Å²) in [6.07, 6.45) is 5.21. The molecule has 2 amide bonds. The lowest BCUT2D eigenvalue weighted by molar-refractivity contribution is -0.138. The minimum atomic E-state index is -1.21. The van der Waals surface area contributed by atoms with Gasteiger partial charge < -0.3 is 46.0 Å². The standard InChI is InChI=1S/C23H29N5O4.C4H11NO3/c1-32-20-9-7-17(15-25-20)19(14-21(29)30)28-13-12-27(23(28)31)11-3-5-18-8-6-16-4-2-10-24-22(16)26-18;5-4(1-6,2-7)3-8/h6-9,15,19H,2-5,10-14H2,1H3,(H,24,26)(H,29,30);6-8H,1-3,5H2/t19-;/m0./s1. The number of aliphatic hydroxyl groups excluding tert-OH is 3. The molecule has 1 saturated heterocycles. The zero-order valence-electron chi connectivity index (χ0n) is 22.8. The van der Waals surface area contributed by atoms with E-state index in [2.05, 4.69) is 22.4 Å². The Labute approximate surface area is 233 Å². The summed E-state index contributed by atoms with van der Waals surface area (Å²) in [7, 11) is 1.52. The first kappa shape index (κ1) is 31.0.